The minimum Gasteiger partial charge on any atom is -0.497 e. The second-order valence-corrected chi connectivity index (χ2v) is 2.86. The van der Waals surface area contributed by atoms with Crippen LogP contribution in [0.2, 0.25) is 0 Å². The van der Waals surface area contributed by atoms with Gasteiger partial charge in [0.15, 0.2) is 0 Å². The summed E-state index contributed by atoms with van der Waals surface area (Å²) in [5, 5.41) is 17.6. The molecule has 0 saturated heterocycles. The Bertz CT molecular complexity index is 466. The van der Waals surface area contributed by atoms with Crippen LogP contribution >= 0.6 is 0 Å². The Labute approximate surface area is 94.0 Å². The van der Waals surface area contributed by atoms with Gasteiger partial charge in [-0.3, -0.25) is 0 Å². The van der Waals surface area contributed by atoms with Crippen LogP contribution in [0.3, 0.4) is 0 Å². The molecule has 0 aromatic rings. The SMILES string of the molecule is COC1=CC=CC(=C(C#N)C#N)C(OC)=C1. The van der Waals surface area contributed by atoms with Crippen molar-refractivity contribution in [1.29, 1.82) is 10.5 Å². The molecule has 0 aromatic carbocycles. The van der Waals surface area contributed by atoms with Gasteiger partial charge in [-0.05, 0) is 12.2 Å². The standard InChI is InChI=1S/C12H10N2O2/c1-15-10-4-3-5-11(9(7-13)8-14)12(6-10)16-2/h3-6H,1-2H3. The zero-order chi connectivity index (χ0) is 12.0. The maximum absolute atomic E-state index is 8.81. The van der Waals surface area contributed by atoms with Crippen LogP contribution < -0.4 is 0 Å². The summed E-state index contributed by atoms with van der Waals surface area (Å²) >= 11 is 0. The molecule has 0 aromatic heterocycles. The molecule has 4 nitrogen and oxygen atoms in total. The Morgan fingerprint density at radius 2 is 1.88 bits per heavy atom. The normalized spacial score (nSPS) is 13.9. The van der Waals surface area contributed by atoms with Gasteiger partial charge >= 0.3 is 0 Å². The van der Waals surface area contributed by atoms with Crippen molar-refractivity contribution in [2.45, 2.75) is 0 Å². The van der Waals surface area contributed by atoms with E-state index >= 15 is 0 Å². The van der Waals surface area contributed by atoms with E-state index in [0.717, 1.165) is 0 Å². The number of hydrogen-bond donors (Lipinski definition) is 0. The molecule has 0 N–H and O–H groups in total. The molecule has 0 radical (unpaired) electrons. The third-order valence-corrected chi connectivity index (χ3v) is 2.01. The fraction of sp³-hybridized carbons (Fsp3) is 0.167. The van der Waals surface area contributed by atoms with Crippen LogP contribution in [0, 0.1) is 22.7 Å². The van der Waals surface area contributed by atoms with Crippen LogP contribution in [0.15, 0.2) is 47.0 Å². The van der Waals surface area contributed by atoms with Gasteiger partial charge in [-0.25, -0.2) is 0 Å². The monoisotopic (exact) mass is 214 g/mol. The lowest BCUT2D eigenvalue weighted by Crippen LogP contribution is -1.94. The van der Waals surface area contributed by atoms with Gasteiger partial charge in [0, 0.05) is 11.6 Å². The summed E-state index contributed by atoms with van der Waals surface area (Å²) < 4.78 is 10.2. The Kier molecular flexibility index (Phi) is 3.94. The van der Waals surface area contributed by atoms with Gasteiger partial charge in [-0.15, -0.1) is 0 Å². The van der Waals surface area contributed by atoms with Crippen molar-refractivity contribution in [1.82, 2.24) is 0 Å². The molecule has 1 aliphatic rings. The highest BCUT2D eigenvalue weighted by Crippen LogP contribution is 2.21. The first kappa shape index (κ1) is 11.6. The molecule has 0 fully saturated rings. The van der Waals surface area contributed by atoms with Crippen LogP contribution in [0.25, 0.3) is 0 Å². The van der Waals surface area contributed by atoms with Crippen LogP contribution in [0.4, 0.5) is 0 Å². The number of allylic oxidation sites excluding steroid dienone is 5. The molecule has 0 unspecified atom stereocenters. The van der Waals surface area contributed by atoms with Gasteiger partial charge in [0.05, 0.1) is 14.2 Å². The molecule has 16 heavy (non-hydrogen) atoms. The molecule has 0 spiro atoms. The molecule has 1 aliphatic carbocycles. The fourth-order valence-electron chi connectivity index (χ4n) is 1.22. The topological polar surface area (TPSA) is 66.0 Å². The van der Waals surface area contributed by atoms with Crippen molar-refractivity contribution in [2.24, 2.45) is 0 Å². The summed E-state index contributed by atoms with van der Waals surface area (Å²) in [7, 11) is 3.01. The smallest absolute Gasteiger partial charge is 0.140 e. The fourth-order valence-corrected chi connectivity index (χ4v) is 1.22. The van der Waals surface area contributed by atoms with E-state index in [1.165, 1.54) is 14.2 Å². The number of nitriles is 2. The first-order chi connectivity index (χ1) is 7.76. The molecule has 80 valence electrons. The molecular formula is C12H10N2O2. The van der Waals surface area contributed by atoms with Crippen molar-refractivity contribution in [2.75, 3.05) is 14.2 Å². The van der Waals surface area contributed by atoms with E-state index in [1.807, 2.05) is 12.1 Å². The van der Waals surface area contributed by atoms with E-state index in [2.05, 4.69) is 0 Å². The molecule has 0 bridgehead atoms. The first-order valence-corrected chi connectivity index (χ1v) is 4.49. The lowest BCUT2D eigenvalue weighted by molar-refractivity contribution is 0.283. The van der Waals surface area contributed by atoms with E-state index in [1.54, 1.807) is 24.3 Å². The predicted octanol–water partition coefficient (Wildman–Crippen LogP) is 1.96. The Morgan fingerprint density at radius 1 is 1.19 bits per heavy atom. The van der Waals surface area contributed by atoms with E-state index in [0.29, 0.717) is 17.1 Å². The van der Waals surface area contributed by atoms with Crippen LogP contribution in [-0.2, 0) is 9.47 Å². The number of methoxy groups -OCH3 is 2. The van der Waals surface area contributed by atoms with Gasteiger partial charge in [-0.2, -0.15) is 10.5 Å². The van der Waals surface area contributed by atoms with Gasteiger partial charge in [0.1, 0.15) is 29.2 Å². The highest BCUT2D eigenvalue weighted by atomic mass is 16.5. The Balaban J connectivity index is 3.33. The summed E-state index contributed by atoms with van der Waals surface area (Å²) in [5.74, 6) is 1.03. The third kappa shape index (κ3) is 2.31. The number of rotatable bonds is 2. The summed E-state index contributed by atoms with van der Waals surface area (Å²) in [6.07, 6.45) is 6.69. The summed E-state index contributed by atoms with van der Waals surface area (Å²) in [6, 6.07) is 3.66. The predicted molar refractivity (Wildman–Crippen MR) is 57.6 cm³/mol. The zero-order valence-corrected chi connectivity index (χ0v) is 9.02. The number of ether oxygens (including phenoxy) is 2. The molecular weight excluding hydrogens is 204 g/mol. The average Bonchev–Trinajstić information content (AvgIpc) is 2.53. The minimum atomic E-state index is 0.00935. The molecule has 0 atom stereocenters. The minimum absolute atomic E-state index is 0.00935. The third-order valence-electron chi connectivity index (χ3n) is 2.01. The molecule has 0 heterocycles. The van der Waals surface area contributed by atoms with Crippen molar-refractivity contribution in [3.63, 3.8) is 0 Å². The van der Waals surface area contributed by atoms with E-state index in [9.17, 15) is 0 Å². The Hall–Kier alpha value is -2.46. The van der Waals surface area contributed by atoms with Crippen LogP contribution in [-0.4, -0.2) is 14.2 Å². The second-order valence-electron chi connectivity index (χ2n) is 2.86. The van der Waals surface area contributed by atoms with Gasteiger partial charge in [0.2, 0.25) is 0 Å². The molecule has 4 heteroatoms. The molecule has 0 aliphatic heterocycles. The van der Waals surface area contributed by atoms with E-state index in [4.69, 9.17) is 20.0 Å². The number of hydrogen-bond acceptors (Lipinski definition) is 4. The lowest BCUT2D eigenvalue weighted by atomic mass is 10.1. The first-order valence-electron chi connectivity index (χ1n) is 4.49. The lowest BCUT2D eigenvalue weighted by Gasteiger charge is -2.06. The number of nitrogens with zero attached hydrogens (tertiary/aromatic N) is 2. The highest BCUT2D eigenvalue weighted by Gasteiger charge is 2.12. The van der Waals surface area contributed by atoms with E-state index < -0.39 is 0 Å². The summed E-state index contributed by atoms with van der Waals surface area (Å²) in [5.41, 5.74) is 0.464. The van der Waals surface area contributed by atoms with Gasteiger partial charge < -0.3 is 9.47 Å². The summed E-state index contributed by atoms with van der Waals surface area (Å²) in [6.45, 7) is 0. The zero-order valence-electron chi connectivity index (χ0n) is 9.02. The van der Waals surface area contributed by atoms with Crippen molar-refractivity contribution in [3.8, 4) is 12.1 Å². The van der Waals surface area contributed by atoms with E-state index in [-0.39, 0.29) is 5.57 Å². The molecule has 0 amide bonds. The molecule has 1 rings (SSSR count). The maximum Gasteiger partial charge on any atom is 0.140 e. The van der Waals surface area contributed by atoms with Crippen molar-refractivity contribution < 1.29 is 9.47 Å². The second kappa shape index (κ2) is 5.43. The van der Waals surface area contributed by atoms with Crippen LogP contribution in [0.1, 0.15) is 0 Å². The average molecular weight is 214 g/mol. The van der Waals surface area contributed by atoms with Gasteiger partial charge in [-0.1, -0.05) is 6.08 Å². The highest BCUT2D eigenvalue weighted by molar-refractivity contribution is 5.55. The maximum atomic E-state index is 8.81. The van der Waals surface area contributed by atoms with Crippen molar-refractivity contribution >= 4 is 0 Å². The summed E-state index contributed by atoms with van der Waals surface area (Å²) in [4.78, 5) is 0. The van der Waals surface area contributed by atoms with Crippen LogP contribution in [0.5, 0.6) is 0 Å². The van der Waals surface area contributed by atoms with Crippen molar-refractivity contribution in [3.05, 3.63) is 47.0 Å². The molecule has 0 saturated carbocycles. The quantitative estimate of drug-likeness (QED) is 0.659. The Morgan fingerprint density at radius 3 is 2.38 bits per heavy atom. The largest absolute Gasteiger partial charge is 0.497 e. The van der Waals surface area contributed by atoms with Gasteiger partial charge in [0.25, 0.3) is 0 Å².